The van der Waals surface area contributed by atoms with Gasteiger partial charge in [-0.1, -0.05) is 6.42 Å². The lowest BCUT2D eigenvalue weighted by molar-refractivity contribution is -0.127. The Morgan fingerprint density at radius 2 is 2.18 bits per heavy atom. The first-order chi connectivity index (χ1) is 10.7. The second-order valence-electron chi connectivity index (χ2n) is 6.23. The number of nitrogens with zero attached hydrogens (tertiary/aromatic N) is 4. The lowest BCUT2D eigenvalue weighted by atomic mass is 10.0. The van der Waals surface area contributed by atoms with E-state index in [-0.39, 0.29) is 5.91 Å². The highest BCUT2D eigenvalue weighted by atomic mass is 16.2. The molecule has 1 aromatic heterocycles. The van der Waals surface area contributed by atoms with Crippen molar-refractivity contribution in [3.63, 3.8) is 0 Å². The number of likely N-dealkylation sites (tertiary alicyclic amines) is 2. The molecule has 1 unspecified atom stereocenters. The summed E-state index contributed by atoms with van der Waals surface area (Å²) in [6, 6.07) is 0.378. The quantitative estimate of drug-likeness (QED) is 0.896. The first kappa shape index (κ1) is 15.2. The molecule has 120 valence electrons. The summed E-state index contributed by atoms with van der Waals surface area (Å²) in [5, 5.41) is 3.30. The Balaban J connectivity index is 1.55. The normalized spacial score (nSPS) is 23.0. The molecule has 3 rings (SSSR count). The molecule has 1 amide bonds. The van der Waals surface area contributed by atoms with Crippen LogP contribution in [-0.2, 0) is 4.79 Å². The minimum absolute atomic E-state index is 0.269. The third kappa shape index (κ3) is 3.55. The van der Waals surface area contributed by atoms with Crippen LogP contribution in [0.3, 0.4) is 0 Å². The van der Waals surface area contributed by atoms with Crippen molar-refractivity contribution < 1.29 is 4.79 Å². The monoisotopic (exact) mass is 303 g/mol. The predicted molar refractivity (Wildman–Crippen MR) is 85.6 cm³/mol. The van der Waals surface area contributed by atoms with Crippen LogP contribution in [0.5, 0.6) is 0 Å². The zero-order valence-corrected chi connectivity index (χ0v) is 13.3. The topological polar surface area (TPSA) is 61.4 Å². The van der Waals surface area contributed by atoms with Crippen LogP contribution in [-0.4, -0.2) is 58.9 Å². The number of hydrogen-bond donors (Lipinski definition) is 1. The number of anilines is 1. The van der Waals surface area contributed by atoms with Crippen LogP contribution in [0.25, 0.3) is 0 Å². The average molecular weight is 303 g/mol. The number of nitrogens with one attached hydrogen (secondary N) is 1. The molecule has 2 aliphatic heterocycles. The van der Waals surface area contributed by atoms with Gasteiger partial charge in [0, 0.05) is 26.1 Å². The molecule has 2 saturated heterocycles. The summed E-state index contributed by atoms with van der Waals surface area (Å²) in [6.45, 7) is 3.48. The van der Waals surface area contributed by atoms with E-state index in [1.165, 1.54) is 12.8 Å². The van der Waals surface area contributed by atoms with Crippen molar-refractivity contribution in [1.82, 2.24) is 19.8 Å². The van der Waals surface area contributed by atoms with Gasteiger partial charge < -0.3 is 10.2 Å². The Kier molecular flexibility index (Phi) is 4.87. The number of rotatable bonds is 5. The fraction of sp³-hybridized carbons (Fsp3) is 0.688. The van der Waals surface area contributed by atoms with Crippen molar-refractivity contribution in [3.8, 4) is 0 Å². The van der Waals surface area contributed by atoms with Gasteiger partial charge in [0.1, 0.15) is 5.82 Å². The SMILES string of the molecule is CN1CCCCC1c1cncc(NCCN2CCCC2=O)n1. The van der Waals surface area contributed by atoms with Crippen LogP contribution in [0.15, 0.2) is 12.4 Å². The molecule has 0 aliphatic carbocycles. The third-order valence-electron chi connectivity index (χ3n) is 4.62. The Morgan fingerprint density at radius 1 is 1.27 bits per heavy atom. The average Bonchev–Trinajstić information content (AvgIpc) is 2.93. The van der Waals surface area contributed by atoms with Gasteiger partial charge in [-0.05, 0) is 32.9 Å². The Morgan fingerprint density at radius 3 is 2.95 bits per heavy atom. The smallest absolute Gasteiger partial charge is 0.222 e. The predicted octanol–water partition coefficient (Wildman–Crippen LogP) is 1.67. The lowest BCUT2D eigenvalue weighted by Gasteiger charge is -2.31. The Labute approximate surface area is 131 Å². The maximum atomic E-state index is 11.6. The van der Waals surface area contributed by atoms with Crippen LogP contribution in [0.2, 0.25) is 0 Å². The highest BCUT2D eigenvalue weighted by Gasteiger charge is 2.22. The van der Waals surface area contributed by atoms with Crippen LogP contribution in [0, 0.1) is 0 Å². The molecule has 0 spiro atoms. The zero-order chi connectivity index (χ0) is 15.4. The summed E-state index contributed by atoms with van der Waals surface area (Å²) in [4.78, 5) is 24.9. The van der Waals surface area contributed by atoms with Crippen LogP contribution in [0.1, 0.15) is 43.8 Å². The van der Waals surface area contributed by atoms with E-state index in [0.29, 0.717) is 12.5 Å². The molecule has 0 bridgehead atoms. The number of carbonyl (C=O) groups excluding carboxylic acids is 1. The van der Waals surface area contributed by atoms with Crippen molar-refractivity contribution >= 4 is 11.7 Å². The summed E-state index contributed by atoms with van der Waals surface area (Å²) >= 11 is 0. The molecule has 3 heterocycles. The number of amides is 1. The van der Waals surface area contributed by atoms with E-state index >= 15 is 0 Å². The number of piperidine rings is 1. The molecule has 2 fully saturated rings. The van der Waals surface area contributed by atoms with Crippen molar-refractivity contribution in [2.24, 2.45) is 0 Å². The van der Waals surface area contributed by atoms with Gasteiger partial charge in [0.05, 0.1) is 24.1 Å². The van der Waals surface area contributed by atoms with E-state index in [1.54, 1.807) is 6.20 Å². The Hall–Kier alpha value is -1.69. The maximum absolute atomic E-state index is 11.6. The van der Waals surface area contributed by atoms with E-state index in [0.717, 1.165) is 50.5 Å². The molecule has 0 saturated carbocycles. The minimum Gasteiger partial charge on any atom is -0.367 e. The molecule has 6 nitrogen and oxygen atoms in total. The molecule has 1 aromatic rings. The second-order valence-corrected chi connectivity index (χ2v) is 6.23. The first-order valence-corrected chi connectivity index (χ1v) is 8.28. The fourth-order valence-electron chi connectivity index (χ4n) is 3.33. The molecule has 22 heavy (non-hydrogen) atoms. The molecule has 0 radical (unpaired) electrons. The minimum atomic E-state index is 0.269. The summed E-state index contributed by atoms with van der Waals surface area (Å²) in [5.74, 6) is 1.08. The first-order valence-electron chi connectivity index (χ1n) is 8.28. The van der Waals surface area contributed by atoms with Crippen LogP contribution < -0.4 is 5.32 Å². The van der Waals surface area contributed by atoms with Crippen LogP contribution >= 0.6 is 0 Å². The lowest BCUT2D eigenvalue weighted by Crippen LogP contribution is -2.31. The molecular weight excluding hydrogens is 278 g/mol. The fourth-order valence-corrected chi connectivity index (χ4v) is 3.33. The number of hydrogen-bond acceptors (Lipinski definition) is 5. The Bertz CT molecular complexity index is 521. The van der Waals surface area contributed by atoms with E-state index in [2.05, 4.69) is 22.2 Å². The third-order valence-corrected chi connectivity index (χ3v) is 4.62. The van der Waals surface area contributed by atoms with Crippen molar-refractivity contribution in [3.05, 3.63) is 18.1 Å². The van der Waals surface area contributed by atoms with Crippen molar-refractivity contribution in [1.29, 1.82) is 0 Å². The second kappa shape index (κ2) is 7.05. The molecule has 2 aliphatic rings. The summed E-state index contributed by atoms with van der Waals surface area (Å²) in [6.07, 6.45) is 9.00. The summed E-state index contributed by atoms with van der Waals surface area (Å²) in [7, 11) is 2.16. The zero-order valence-electron chi connectivity index (χ0n) is 13.3. The molecule has 1 N–H and O–H groups in total. The van der Waals surface area contributed by atoms with E-state index < -0.39 is 0 Å². The number of aromatic nitrogens is 2. The molecule has 6 heteroatoms. The van der Waals surface area contributed by atoms with E-state index in [9.17, 15) is 4.79 Å². The van der Waals surface area contributed by atoms with Crippen molar-refractivity contribution in [2.75, 3.05) is 38.5 Å². The largest absolute Gasteiger partial charge is 0.367 e. The standard InChI is InChI=1S/C16H25N5O/c1-20-8-3-2-5-14(20)13-11-17-12-15(19-13)18-7-10-21-9-4-6-16(21)22/h11-12,14H,2-10H2,1H3,(H,18,19). The van der Waals surface area contributed by atoms with Gasteiger partial charge in [0.15, 0.2) is 0 Å². The number of carbonyl (C=O) groups is 1. The van der Waals surface area contributed by atoms with Gasteiger partial charge in [-0.3, -0.25) is 14.7 Å². The van der Waals surface area contributed by atoms with Crippen molar-refractivity contribution in [2.45, 2.75) is 38.1 Å². The maximum Gasteiger partial charge on any atom is 0.222 e. The van der Waals surface area contributed by atoms with Gasteiger partial charge in [-0.25, -0.2) is 4.98 Å². The van der Waals surface area contributed by atoms with Gasteiger partial charge in [-0.15, -0.1) is 0 Å². The van der Waals surface area contributed by atoms with Gasteiger partial charge in [0.25, 0.3) is 0 Å². The van der Waals surface area contributed by atoms with Gasteiger partial charge in [-0.2, -0.15) is 0 Å². The van der Waals surface area contributed by atoms with Gasteiger partial charge >= 0.3 is 0 Å². The van der Waals surface area contributed by atoms with E-state index in [1.807, 2.05) is 11.1 Å². The van der Waals surface area contributed by atoms with Gasteiger partial charge in [0.2, 0.25) is 5.91 Å². The summed E-state index contributed by atoms with van der Waals surface area (Å²) in [5.41, 5.74) is 1.05. The van der Waals surface area contributed by atoms with Crippen LogP contribution in [0.4, 0.5) is 5.82 Å². The molecular formula is C16H25N5O. The summed E-state index contributed by atoms with van der Waals surface area (Å²) < 4.78 is 0. The molecule has 1 atom stereocenters. The molecule has 0 aromatic carbocycles. The van der Waals surface area contributed by atoms with E-state index in [4.69, 9.17) is 4.98 Å². The highest BCUT2D eigenvalue weighted by molar-refractivity contribution is 5.78. The highest BCUT2D eigenvalue weighted by Crippen LogP contribution is 2.28.